The van der Waals surface area contributed by atoms with E-state index in [1.165, 1.54) is 0 Å². The molecule has 4 nitrogen and oxygen atoms in total. The standard InChI is InChI=1S/C13H11NO3/c1-2-9-4-3-5-10(8-9)17-11-6-7-12(15)14-13(11)16/h1,3-5,8,11H,6-7H2,(H,14,15,16). The maximum Gasteiger partial charge on any atom is 0.267 e. The molecule has 1 heterocycles. The molecule has 86 valence electrons. The monoisotopic (exact) mass is 229 g/mol. The Morgan fingerprint density at radius 3 is 2.94 bits per heavy atom. The van der Waals surface area contributed by atoms with Gasteiger partial charge in [-0.25, -0.2) is 0 Å². The number of terminal acetylenes is 1. The van der Waals surface area contributed by atoms with Gasteiger partial charge in [-0.05, 0) is 18.2 Å². The SMILES string of the molecule is C#Cc1cccc(OC2CCC(=O)NC2=O)c1. The second-order valence-corrected chi connectivity index (χ2v) is 3.73. The van der Waals surface area contributed by atoms with E-state index in [0.717, 1.165) is 0 Å². The molecule has 1 atom stereocenters. The number of hydrogen-bond donors (Lipinski definition) is 1. The van der Waals surface area contributed by atoms with Crippen LogP contribution >= 0.6 is 0 Å². The molecule has 0 spiro atoms. The maximum atomic E-state index is 11.5. The summed E-state index contributed by atoms with van der Waals surface area (Å²) in [5, 5.41) is 2.24. The van der Waals surface area contributed by atoms with Crippen molar-refractivity contribution in [3.8, 4) is 18.1 Å². The predicted octanol–water partition coefficient (Wildman–Crippen LogP) is 0.852. The van der Waals surface area contributed by atoms with Crippen molar-refractivity contribution >= 4 is 11.8 Å². The smallest absolute Gasteiger partial charge is 0.267 e. The van der Waals surface area contributed by atoms with Crippen molar-refractivity contribution in [3.63, 3.8) is 0 Å². The summed E-state index contributed by atoms with van der Waals surface area (Å²) >= 11 is 0. The van der Waals surface area contributed by atoms with E-state index < -0.39 is 12.0 Å². The van der Waals surface area contributed by atoms with Gasteiger partial charge in [0.15, 0.2) is 6.10 Å². The minimum absolute atomic E-state index is 0.257. The lowest BCUT2D eigenvalue weighted by Gasteiger charge is -2.21. The van der Waals surface area contributed by atoms with Crippen LogP contribution in [0.4, 0.5) is 0 Å². The fourth-order valence-electron chi connectivity index (χ4n) is 1.61. The van der Waals surface area contributed by atoms with Crippen molar-refractivity contribution in [3.05, 3.63) is 29.8 Å². The number of piperidine rings is 1. The summed E-state index contributed by atoms with van der Waals surface area (Å²) in [6.07, 6.45) is 5.33. The minimum atomic E-state index is -0.624. The zero-order chi connectivity index (χ0) is 12.3. The zero-order valence-corrected chi connectivity index (χ0v) is 9.10. The summed E-state index contributed by atoms with van der Waals surface area (Å²) < 4.78 is 5.50. The van der Waals surface area contributed by atoms with Crippen LogP contribution in [0.1, 0.15) is 18.4 Å². The van der Waals surface area contributed by atoms with Gasteiger partial charge in [-0.2, -0.15) is 0 Å². The summed E-state index contributed by atoms with van der Waals surface area (Å²) in [5.74, 6) is 2.37. The van der Waals surface area contributed by atoms with E-state index in [4.69, 9.17) is 11.2 Å². The Balaban J connectivity index is 2.08. The second-order valence-electron chi connectivity index (χ2n) is 3.73. The normalized spacial score (nSPS) is 19.4. The number of rotatable bonds is 2. The van der Waals surface area contributed by atoms with E-state index in [1.54, 1.807) is 24.3 Å². The number of nitrogens with one attached hydrogen (secondary N) is 1. The van der Waals surface area contributed by atoms with Crippen LogP contribution in [0.5, 0.6) is 5.75 Å². The van der Waals surface area contributed by atoms with Gasteiger partial charge in [0.1, 0.15) is 5.75 Å². The highest BCUT2D eigenvalue weighted by Crippen LogP contribution is 2.17. The highest BCUT2D eigenvalue weighted by atomic mass is 16.5. The molecule has 17 heavy (non-hydrogen) atoms. The molecule has 2 amide bonds. The number of imide groups is 1. The molecular formula is C13H11NO3. The number of carbonyl (C=O) groups is 2. The largest absolute Gasteiger partial charge is 0.481 e. The van der Waals surface area contributed by atoms with Crippen molar-refractivity contribution < 1.29 is 14.3 Å². The van der Waals surface area contributed by atoms with E-state index in [9.17, 15) is 9.59 Å². The quantitative estimate of drug-likeness (QED) is 0.604. The fourth-order valence-corrected chi connectivity index (χ4v) is 1.61. The number of benzene rings is 1. The third-order valence-electron chi connectivity index (χ3n) is 2.47. The topological polar surface area (TPSA) is 55.4 Å². The van der Waals surface area contributed by atoms with Crippen molar-refractivity contribution in [1.82, 2.24) is 5.32 Å². The molecule has 4 heteroatoms. The molecule has 0 bridgehead atoms. The lowest BCUT2D eigenvalue weighted by molar-refractivity contribution is -0.138. The molecule has 0 aliphatic carbocycles. The number of carbonyl (C=O) groups excluding carboxylic acids is 2. The molecule has 0 aromatic heterocycles. The van der Waals surface area contributed by atoms with E-state index in [1.807, 2.05) is 0 Å². The van der Waals surface area contributed by atoms with Crippen LogP contribution in [0.3, 0.4) is 0 Å². The lowest BCUT2D eigenvalue weighted by atomic mass is 10.1. The van der Waals surface area contributed by atoms with Gasteiger partial charge in [-0.3, -0.25) is 14.9 Å². The summed E-state index contributed by atoms with van der Waals surface area (Å²) in [5.41, 5.74) is 0.690. The first-order valence-corrected chi connectivity index (χ1v) is 5.26. The van der Waals surface area contributed by atoms with Crippen LogP contribution in [-0.4, -0.2) is 17.9 Å². The van der Waals surface area contributed by atoms with Gasteiger partial charge in [-0.1, -0.05) is 12.0 Å². The third kappa shape index (κ3) is 2.64. The van der Waals surface area contributed by atoms with Crippen molar-refractivity contribution in [2.45, 2.75) is 18.9 Å². The predicted molar refractivity (Wildman–Crippen MR) is 61.2 cm³/mol. The Bertz CT molecular complexity index is 502. The molecule has 1 aromatic carbocycles. The molecule has 0 saturated carbocycles. The number of hydrogen-bond acceptors (Lipinski definition) is 3. The van der Waals surface area contributed by atoms with Crippen molar-refractivity contribution in [2.24, 2.45) is 0 Å². The Hall–Kier alpha value is -2.28. The van der Waals surface area contributed by atoms with Crippen molar-refractivity contribution in [1.29, 1.82) is 0 Å². The van der Waals surface area contributed by atoms with E-state index >= 15 is 0 Å². The molecule has 1 saturated heterocycles. The summed E-state index contributed by atoms with van der Waals surface area (Å²) in [7, 11) is 0. The average Bonchev–Trinajstić information content (AvgIpc) is 2.33. The third-order valence-corrected chi connectivity index (χ3v) is 2.47. The molecule has 1 aromatic rings. The van der Waals surface area contributed by atoms with Gasteiger partial charge in [0.05, 0.1) is 0 Å². The molecule has 1 unspecified atom stereocenters. The van der Waals surface area contributed by atoms with Crippen LogP contribution < -0.4 is 10.1 Å². The minimum Gasteiger partial charge on any atom is -0.481 e. The molecular weight excluding hydrogens is 218 g/mol. The first kappa shape index (κ1) is 11.2. The number of amides is 2. The Morgan fingerprint density at radius 1 is 1.41 bits per heavy atom. The Kier molecular flexibility index (Phi) is 3.10. The van der Waals surface area contributed by atoms with Gasteiger partial charge in [0.2, 0.25) is 5.91 Å². The van der Waals surface area contributed by atoms with Crippen LogP contribution in [0, 0.1) is 12.3 Å². The Labute approximate surface area is 99.0 Å². The zero-order valence-electron chi connectivity index (χ0n) is 9.10. The molecule has 1 aliphatic rings. The molecule has 1 aliphatic heterocycles. The van der Waals surface area contributed by atoms with Crippen LogP contribution in [0.25, 0.3) is 0 Å². The van der Waals surface area contributed by atoms with Crippen molar-refractivity contribution in [2.75, 3.05) is 0 Å². The highest BCUT2D eigenvalue weighted by molar-refractivity contribution is 5.99. The molecule has 2 rings (SSSR count). The van der Waals surface area contributed by atoms with Crippen LogP contribution in [0.2, 0.25) is 0 Å². The van der Waals surface area contributed by atoms with E-state index in [2.05, 4.69) is 11.2 Å². The van der Waals surface area contributed by atoms with E-state index in [-0.39, 0.29) is 5.91 Å². The van der Waals surface area contributed by atoms with E-state index in [0.29, 0.717) is 24.2 Å². The first-order chi connectivity index (χ1) is 8.19. The first-order valence-electron chi connectivity index (χ1n) is 5.26. The number of ether oxygens (including phenoxy) is 1. The average molecular weight is 229 g/mol. The summed E-state index contributed by atoms with van der Waals surface area (Å²) in [6.45, 7) is 0. The second kappa shape index (κ2) is 4.71. The van der Waals surface area contributed by atoms with Gasteiger partial charge in [0, 0.05) is 18.4 Å². The van der Waals surface area contributed by atoms with Gasteiger partial charge < -0.3 is 4.74 Å². The van der Waals surface area contributed by atoms with Crippen LogP contribution in [-0.2, 0) is 9.59 Å². The lowest BCUT2D eigenvalue weighted by Crippen LogP contribution is -2.46. The Morgan fingerprint density at radius 2 is 2.24 bits per heavy atom. The summed E-state index contributed by atoms with van der Waals surface area (Å²) in [6, 6.07) is 6.95. The van der Waals surface area contributed by atoms with Crippen LogP contribution in [0.15, 0.2) is 24.3 Å². The highest BCUT2D eigenvalue weighted by Gasteiger charge is 2.28. The fraction of sp³-hybridized carbons (Fsp3) is 0.231. The van der Waals surface area contributed by atoms with Gasteiger partial charge in [-0.15, -0.1) is 6.42 Å². The maximum absolute atomic E-state index is 11.5. The van der Waals surface area contributed by atoms with Gasteiger partial charge in [0.25, 0.3) is 5.91 Å². The molecule has 1 fully saturated rings. The molecule has 1 N–H and O–H groups in total. The molecule has 0 radical (unpaired) electrons. The summed E-state index contributed by atoms with van der Waals surface area (Å²) in [4.78, 5) is 22.4. The van der Waals surface area contributed by atoms with Gasteiger partial charge >= 0.3 is 0 Å².